The third-order valence-corrected chi connectivity index (χ3v) is 5.30. The van der Waals surface area contributed by atoms with Gasteiger partial charge in [0.05, 0.1) is 30.9 Å². The number of carbonyl (C=O) groups is 3. The summed E-state index contributed by atoms with van der Waals surface area (Å²) in [6.45, 7) is 0.210. The highest BCUT2D eigenvalue weighted by Crippen LogP contribution is 2.28. The number of benzene rings is 3. The number of non-ortho nitro benzene ring substituents is 1. The van der Waals surface area contributed by atoms with E-state index < -0.39 is 16.8 Å². The van der Waals surface area contributed by atoms with Crippen molar-refractivity contribution in [1.82, 2.24) is 10.7 Å². The molecule has 0 atom stereocenters. The molecule has 3 aromatic rings. The average molecular weight is 535 g/mol. The molecule has 0 radical (unpaired) electrons. The van der Waals surface area contributed by atoms with Gasteiger partial charge in [-0.25, -0.2) is 10.2 Å². The molecule has 3 rings (SSSR count). The number of nitro groups is 1. The number of rotatable bonds is 12. The van der Waals surface area contributed by atoms with Crippen molar-refractivity contribution >= 4 is 29.7 Å². The minimum Gasteiger partial charge on any atom is -0.493 e. The fourth-order valence-corrected chi connectivity index (χ4v) is 3.30. The minimum atomic E-state index is -0.577. The SMILES string of the molecule is COc1ccc(C(=O)Oc2ccc(C=NNC(=O)CCCNC(=O)c3cccc([N+](=O)[O-])c3)cc2)cc1OC. The highest BCUT2D eigenvalue weighted by molar-refractivity contribution is 5.95. The molecule has 0 aromatic heterocycles. The summed E-state index contributed by atoms with van der Waals surface area (Å²) in [5.74, 6) is -0.152. The summed E-state index contributed by atoms with van der Waals surface area (Å²) < 4.78 is 15.7. The normalized spacial score (nSPS) is 10.5. The Kier molecular flexibility index (Phi) is 10.1. The van der Waals surface area contributed by atoms with Gasteiger partial charge in [-0.2, -0.15) is 5.10 Å². The predicted molar refractivity (Wildman–Crippen MR) is 141 cm³/mol. The van der Waals surface area contributed by atoms with E-state index in [1.165, 1.54) is 50.8 Å². The second-order valence-electron chi connectivity index (χ2n) is 7.99. The molecule has 12 nitrogen and oxygen atoms in total. The van der Waals surface area contributed by atoms with Gasteiger partial charge < -0.3 is 19.5 Å². The quantitative estimate of drug-likeness (QED) is 0.0892. The average Bonchev–Trinajstić information content (AvgIpc) is 2.95. The number of amides is 2. The van der Waals surface area contributed by atoms with E-state index in [0.29, 0.717) is 34.8 Å². The molecule has 0 aliphatic rings. The first-order valence-corrected chi connectivity index (χ1v) is 11.7. The van der Waals surface area contributed by atoms with Gasteiger partial charge in [0.2, 0.25) is 5.91 Å². The van der Waals surface area contributed by atoms with Gasteiger partial charge in [0, 0.05) is 30.7 Å². The lowest BCUT2D eigenvalue weighted by molar-refractivity contribution is -0.384. The van der Waals surface area contributed by atoms with Crippen LogP contribution in [-0.4, -0.2) is 49.7 Å². The van der Waals surface area contributed by atoms with Crippen molar-refractivity contribution in [2.24, 2.45) is 5.10 Å². The second-order valence-corrected chi connectivity index (χ2v) is 7.99. The Morgan fingerprint density at radius 3 is 2.38 bits per heavy atom. The summed E-state index contributed by atoms with van der Waals surface area (Å²) in [4.78, 5) is 46.8. The van der Waals surface area contributed by atoms with Gasteiger partial charge in [-0.3, -0.25) is 19.7 Å². The van der Waals surface area contributed by atoms with E-state index in [2.05, 4.69) is 15.8 Å². The number of hydrazone groups is 1. The molecule has 0 fully saturated rings. The molecule has 202 valence electrons. The van der Waals surface area contributed by atoms with Crippen molar-refractivity contribution in [3.05, 3.63) is 93.5 Å². The largest absolute Gasteiger partial charge is 0.493 e. The number of nitrogens with zero attached hydrogens (tertiary/aromatic N) is 2. The Morgan fingerprint density at radius 2 is 1.69 bits per heavy atom. The summed E-state index contributed by atoms with van der Waals surface area (Å²) in [7, 11) is 2.97. The van der Waals surface area contributed by atoms with Gasteiger partial charge in [0.15, 0.2) is 11.5 Å². The maximum absolute atomic E-state index is 12.4. The standard InChI is InChI=1S/C27H26N4O8/c1-37-23-13-10-20(16-24(23)38-2)27(34)39-22-11-8-18(9-12-22)17-29-30-25(32)7-4-14-28-26(33)19-5-3-6-21(15-19)31(35)36/h3,5-6,8-13,15-17H,4,7,14H2,1-2H3,(H,28,33)(H,30,32). The zero-order valence-corrected chi connectivity index (χ0v) is 21.2. The monoisotopic (exact) mass is 534 g/mol. The Hall–Kier alpha value is -5.26. The summed E-state index contributed by atoms with van der Waals surface area (Å²) in [6, 6.07) is 16.6. The molecule has 0 bridgehead atoms. The lowest BCUT2D eigenvalue weighted by Gasteiger charge is -2.09. The molecule has 3 aromatic carbocycles. The predicted octanol–water partition coefficient (Wildman–Crippen LogP) is 3.49. The van der Waals surface area contributed by atoms with Crippen LogP contribution >= 0.6 is 0 Å². The fourth-order valence-electron chi connectivity index (χ4n) is 3.30. The molecule has 0 saturated heterocycles. The van der Waals surface area contributed by atoms with Crippen LogP contribution < -0.4 is 25.0 Å². The van der Waals surface area contributed by atoms with Crippen molar-refractivity contribution in [3.8, 4) is 17.2 Å². The Labute approximate surface area is 223 Å². The molecule has 12 heteroatoms. The topological polar surface area (TPSA) is 158 Å². The summed E-state index contributed by atoms with van der Waals surface area (Å²) in [5, 5.41) is 17.3. The molecular formula is C27H26N4O8. The van der Waals surface area contributed by atoms with E-state index >= 15 is 0 Å². The molecular weight excluding hydrogens is 508 g/mol. The van der Waals surface area contributed by atoms with E-state index in [0.717, 1.165) is 0 Å². The van der Waals surface area contributed by atoms with Crippen LogP contribution in [0, 0.1) is 10.1 Å². The van der Waals surface area contributed by atoms with Crippen LogP contribution in [0.15, 0.2) is 71.8 Å². The van der Waals surface area contributed by atoms with Crippen LogP contribution in [0.3, 0.4) is 0 Å². The highest BCUT2D eigenvalue weighted by atomic mass is 16.6. The van der Waals surface area contributed by atoms with Gasteiger partial charge in [0.1, 0.15) is 5.75 Å². The first-order chi connectivity index (χ1) is 18.8. The van der Waals surface area contributed by atoms with Gasteiger partial charge in [-0.05, 0) is 60.5 Å². The van der Waals surface area contributed by atoms with Crippen molar-refractivity contribution in [2.45, 2.75) is 12.8 Å². The first-order valence-electron chi connectivity index (χ1n) is 11.7. The van der Waals surface area contributed by atoms with Crippen LogP contribution in [0.25, 0.3) is 0 Å². The molecule has 0 unspecified atom stereocenters. The third kappa shape index (κ3) is 8.39. The molecule has 0 saturated carbocycles. The smallest absolute Gasteiger partial charge is 0.343 e. The molecule has 0 heterocycles. The van der Waals surface area contributed by atoms with Gasteiger partial charge in [0.25, 0.3) is 11.6 Å². The summed E-state index contributed by atoms with van der Waals surface area (Å²) >= 11 is 0. The van der Waals surface area contributed by atoms with Crippen molar-refractivity contribution in [3.63, 3.8) is 0 Å². The third-order valence-electron chi connectivity index (χ3n) is 5.30. The van der Waals surface area contributed by atoms with Gasteiger partial charge >= 0.3 is 5.97 Å². The lowest BCUT2D eigenvalue weighted by Crippen LogP contribution is -2.26. The van der Waals surface area contributed by atoms with Crippen LogP contribution in [0.5, 0.6) is 17.2 Å². The Morgan fingerprint density at radius 1 is 0.949 bits per heavy atom. The van der Waals surface area contributed by atoms with Crippen LogP contribution in [0.1, 0.15) is 39.1 Å². The zero-order valence-electron chi connectivity index (χ0n) is 21.2. The van der Waals surface area contributed by atoms with Gasteiger partial charge in [-0.15, -0.1) is 0 Å². The molecule has 2 N–H and O–H groups in total. The summed E-state index contributed by atoms with van der Waals surface area (Å²) in [5.41, 5.74) is 3.34. The molecule has 0 aliphatic carbocycles. The van der Waals surface area contributed by atoms with Crippen LogP contribution in [0.2, 0.25) is 0 Å². The number of methoxy groups -OCH3 is 2. The lowest BCUT2D eigenvalue weighted by atomic mass is 10.2. The van der Waals surface area contributed by atoms with Crippen molar-refractivity contribution < 1.29 is 33.5 Å². The number of esters is 1. The number of hydrogen-bond acceptors (Lipinski definition) is 9. The Bertz CT molecular complexity index is 1370. The number of hydrogen-bond donors (Lipinski definition) is 2. The first kappa shape index (κ1) is 28.3. The highest BCUT2D eigenvalue weighted by Gasteiger charge is 2.13. The van der Waals surface area contributed by atoms with E-state index in [9.17, 15) is 24.5 Å². The minimum absolute atomic E-state index is 0.109. The molecule has 0 aliphatic heterocycles. The maximum atomic E-state index is 12.4. The molecule has 2 amide bonds. The zero-order chi connectivity index (χ0) is 28.2. The van der Waals surface area contributed by atoms with E-state index in [-0.39, 0.29) is 30.1 Å². The van der Waals surface area contributed by atoms with Crippen molar-refractivity contribution in [1.29, 1.82) is 0 Å². The van der Waals surface area contributed by atoms with Crippen LogP contribution in [0.4, 0.5) is 5.69 Å². The van der Waals surface area contributed by atoms with E-state index in [1.807, 2.05) is 0 Å². The fraction of sp³-hybridized carbons (Fsp3) is 0.185. The number of ether oxygens (including phenoxy) is 3. The molecule has 0 spiro atoms. The second kappa shape index (κ2) is 13.9. The molecule has 39 heavy (non-hydrogen) atoms. The van der Waals surface area contributed by atoms with Gasteiger partial charge in [-0.1, -0.05) is 6.07 Å². The number of carbonyl (C=O) groups excluding carboxylic acids is 3. The van der Waals surface area contributed by atoms with E-state index in [1.54, 1.807) is 36.4 Å². The number of nitrogens with one attached hydrogen (secondary N) is 2. The Balaban J connectivity index is 1.40. The van der Waals surface area contributed by atoms with E-state index in [4.69, 9.17) is 14.2 Å². The van der Waals surface area contributed by atoms with Crippen molar-refractivity contribution in [2.75, 3.05) is 20.8 Å². The maximum Gasteiger partial charge on any atom is 0.343 e. The summed E-state index contributed by atoms with van der Waals surface area (Å²) in [6.07, 6.45) is 1.89. The van der Waals surface area contributed by atoms with Crippen LogP contribution in [-0.2, 0) is 4.79 Å². The number of nitro benzene ring substituents is 1.